The minimum atomic E-state index is 0.0770. The summed E-state index contributed by atoms with van der Waals surface area (Å²) in [7, 11) is 1.86. The zero-order valence-corrected chi connectivity index (χ0v) is 8.97. The Labute approximate surface area is 85.2 Å². The summed E-state index contributed by atoms with van der Waals surface area (Å²) < 4.78 is 0.917. The van der Waals surface area contributed by atoms with Crippen LogP contribution in [0.2, 0.25) is 0 Å². The number of rotatable bonds is 2. The summed E-state index contributed by atoms with van der Waals surface area (Å²) in [6.45, 7) is 0. The topological polar surface area (TPSA) is 36.1 Å². The molecule has 1 aliphatic carbocycles. The molecule has 1 aromatic heterocycles. The number of carbonyl (C=O) groups excluding carboxylic acids is 1. The van der Waals surface area contributed by atoms with E-state index in [1.165, 1.54) is 0 Å². The Bertz CT molecular complexity index is 330. The molecule has 1 aliphatic rings. The molecule has 0 unspecified atom stereocenters. The summed E-state index contributed by atoms with van der Waals surface area (Å²) in [4.78, 5) is 16.4. The molecule has 1 fully saturated rings. The fourth-order valence-corrected chi connectivity index (χ4v) is 1.65. The standard InChI is InChI=1S/C9H11BrN2O/c1-12(7-2-3-7)9(13)8-4-6(10)5-11-8/h4-5,7,11H,2-3H2,1H3. The lowest BCUT2D eigenvalue weighted by Gasteiger charge is -2.14. The largest absolute Gasteiger partial charge is 0.356 e. The smallest absolute Gasteiger partial charge is 0.270 e. The highest BCUT2D eigenvalue weighted by molar-refractivity contribution is 9.10. The van der Waals surface area contributed by atoms with Crippen molar-refractivity contribution in [2.45, 2.75) is 18.9 Å². The van der Waals surface area contributed by atoms with Gasteiger partial charge in [-0.1, -0.05) is 0 Å². The third-order valence-electron chi connectivity index (χ3n) is 2.29. The average Bonchev–Trinajstić information content (AvgIpc) is 2.87. The van der Waals surface area contributed by atoms with Crippen molar-refractivity contribution in [1.82, 2.24) is 9.88 Å². The van der Waals surface area contributed by atoms with Gasteiger partial charge in [0, 0.05) is 23.8 Å². The quantitative estimate of drug-likeness (QED) is 0.847. The second-order valence-electron chi connectivity index (χ2n) is 3.38. The molecular formula is C9H11BrN2O. The predicted octanol–water partition coefficient (Wildman–Crippen LogP) is 2.01. The van der Waals surface area contributed by atoms with Crippen LogP contribution in [-0.2, 0) is 0 Å². The van der Waals surface area contributed by atoms with Crippen molar-refractivity contribution in [1.29, 1.82) is 0 Å². The Morgan fingerprint density at radius 3 is 2.85 bits per heavy atom. The highest BCUT2D eigenvalue weighted by Crippen LogP contribution is 2.26. The summed E-state index contributed by atoms with van der Waals surface area (Å²) in [5, 5.41) is 0. The molecule has 0 saturated heterocycles. The van der Waals surface area contributed by atoms with Crippen LogP contribution in [0.1, 0.15) is 23.3 Å². The van der Waals surface area contributed by atoms with E-state index in [1.54, 1.807) is 17.2 Å². The van der Waals surface area contributed by atoms with Crippen LogP contribution in [0.4, 0.5) is 0 Å². The molecule has 3 nitrogen and oxygen atoms in total. The van der Waals surface area contributed by atoms with Gasteiger partial charge >= 0.3 is 0 Å². The molecule has 0 spiro atoms. The van der Waals surface area contributed by atoms with Gasteiger partial charge in [-0.15, -0.1) is 0 Å². The van der Waals surface area contributed by atoms with Crippen molar-refractivity contribution in [3.8, 4) is 0 Å². The van der Waals surface area contributed by atoms with Crippen LogP contribution in [0.5, 0.6) is 0 Å². The zero-order chi connectivity index (χ0) is 9.42. The van der Waals surface area contributed by atoms with Gasteiger partial charge in [0.1, 0.15) is 5.69 Å². The Balaban J connectivity index is 2.11. The number of halogens is 1. The number of nitrogens with one attached hydrogen (secondary N) is 1. The minimum Gasteiger partial charge on any atom is -0.356 e. The van der Waals surface area contributed by atoms with Crippen LogP contribution >= 0.6 is 15.9 Å². The Hall–Kier alpha value is -0.770. The van der Waals surface area contributed by atoms with Crippen LogP contribution in [0.15, 0.2) is 16.7 Å². The summed E-state index contributed by atoms with van der Waals surface area (Å²) in [6, 6.07) is 2.27. The summed E-state index contributed by atoms with van der Waals surface area (Å²) in [5.74, 6) is 0.0770. The van der Waals surface area contributed by atoms with E-state index in [4.69, 9.17) is 0 Å². The lowest BCUT2D eigenvalue weighted by molar-refractivity contribution is 0.0780. The summed E-state index contributed by atoms with van der Waals surface area (Å²) in [5.41, 5.74) is 0.654. The van der Waals surface area contributed by atoms with Crippen LogP contribution in [0.25, 0.3) is 0 Å². The first kappa shape index (κ1) is 8.81. The normalized spacial score (nSPS) is 15.8. The third-order valence-corrected chi connectivity index (χ3v) is 2.75. The lowest BCUT2D eigenvalue weighted by atomic mass is 10.4. The van der Waals surface area contributed by atoms with E-state index in [1.807, 2.05) is 7.05 Å². The van der Waals surface area contributed by atoms with E-state index in [0.717, 1.165) is 17.3 Å². The molecule has 4 heteroatoms. The molecule has 0 radical (unpaired) electrons. The average molecular weight is 243 g/mol. The molecular weight excluding hydrogens is 232 g/mol. The van der Waals surface area contributed by atoms with Crippen LogP contribution in [-0.4, -0.2) is 28.9 Å². The van der Waals surface area contributed by atoms with E-state index in [0.29, 0.717) is 11.7 Å². The van der Waals surface area contributed by atoms with E-state index in [-0.39, 0.29) is 5.91 Å². The van der Waals surface area contributed by atoms with E-state index < -0.39 is 0 Å². The number of hydrogen-bond donors (Lipinski definition) is 1. The second kappa shape index (κ2) is 3.18. The highest BCUT2D eigenvalue weighted by Gasteiger charge is 2.30. The molecule has 1 amide bonds. The van der Waals surface area contributed by atoms with Gasteiger partial charge in [-0.25, -0.2) is 0 Å². The van der Waals surface area contributed by atoms with Crippen molar-refractivity contribution in [2.24, 2.45) is 0 Å². The summed E-state index contributed by atoms with van der Waals surface area (Å²) >= 11 is 3.30. The first-order valence-corrected chi connectivity index (χ1v) is 5.09. The maximum absolute atomic E-state index is 11.7. The number of H-pyrrole nitrogens is 1. The summed E-state index contributed by atoms with van der Waals surface area (Å²) in [6.07, 6.45) is 4.06. The van der Waals surface area contributed by atoms with Crippen molar-refractivity contribution in [3.05, 3.63) is 22.4 Å². The van der Waals surface area contributed by atoms with Crippen molar-refractivity contribution >= 4 is 21.8 Å². The number of carbonyl (C=O) groups is 1. The van der Waals surface area contributed by atoms with E-state index >= 15 is 0 Å². The number of aromatic amines is 1. The molecule has 1 N–H and O–H groups in total. The van der Waals surface area contributed by atoms with Crippen LogP contribution in [0, 0.1) is 0 Å². The fraction of sp³-hybridized carbons (Fsp3) is 0.444. The first-order chi connectivity index (χ1) is 6.18. The minimum absolute atomic E-state index is 0.0770. The van der Waals surface area contributed by atoms with Gasteiger partial charge in [0.25, 0.3) is 5.91 Å². The molecule has 0 bridgehead atoms. The van der Waals surface area contributed by atoms with Gasteiger partial charge in [-0.3, -0.25) is 4.79 Å². The molecule has 13 heavy (non-hydrogen) atoms. The molecule has 1 saturated carbocycles. The Kier molecular flexibility index (Phi) is 2.15. The molecule has 1 heterocycles. The molecule has 0 aromatic carbocycles. The molecule has 2 rings (SSSR count). The first-order valence-electron chi connectivity index (χ1n) is 4.29. The van der Waals surface area contributed by atoms with Crippen LogP contribution < -0.4 is 0 Å². The fourth-order valence-electron chi connectivity index (χ4n) is 1.31. The maximum Gasteiger partial charge on any atom is 0.270 e. The SMILES string of the molecule is CN(C(=O)c1cc(Br)c[nH]1)C1CC1. The number of aromatic nitrogens is 1. The molecule has 0 atom stereocenters. The molecule has 0 aliphatic heterocycles. The second-order valence-corrected chi connectivity index (χ2v) is 4.29. The van der Waals surface area contributed by atoms with Crippen molar-refractivity contribution < 1.29 is 4.79 Å². The van der Waals surface area contributed by atoms with Gasteiger partial charge in [0.05, 0.1) is 0 Å². The van der Waals surface area contributed by atoms with Gasteiger partial charge in [-0.05, 0) is 34.8 Å². The van der Waals surface area contributed by atoms with Gasteiger partial charge < -0.3 is 9.88 Å². The Morgan fingerprint density at radius 2 is 2.38 bits per heavy atom. The van der Waals surface area contributed by atoms with Gasteiger partial charge in [-0.2, -0.15) is 0 Å². The zero-order valence-electron chi connectivity index (χ0n) is 7.38. The lowest BCUT2D eigenvalue weighted by Crippen LogP contribution is -2.28. The molecule has 1 aromatic rings. The number of nitrogens with zero attached hydrogens (tertiary/aromatic N) is 1. The van der Waals surface area contributed by atoms with Gasteiger partial charge in [0.15, 0.2) is 0 Å². The third kappa shape index (κ3) is 1.77. The van der Waals surface area contributed by atoms with Crippen molar-refractivity contribution in [3.63, 3.8) is 0 Å². The number of hydrogen-bond acceptors (Lipinski definition) is 1. The van der Waals surface area contributed by atoms with Gasteiger partial charge in [0.2, 0.25) is 0 Å². The predicted molar refractivity (Wildman–Crippen MR) is 53.6 cm³/mol. The monoisotopic (exact) mass is 242 g/mol. The van der Waals surface area contributed by atoms with Crippen LogP contribution in [0.3, 0.4) is 0 Å². The number of amides is 1. The highest BCUT2D eigenvalue weighted by atomic mass is 79.9. The Morgan fingerprint density at radius 1 is 1.69 bits per heavy atom. The maximum atomic E-state index is 11.7. The van der Waals surface area contributed by atoms with E-state index in [2.05, 4.69) is 20.9 Å². The molecule has 70 valence electrons. The van der Waals surface area contributed by atoms with E-state index in [9.17, 15) is 4.79 Å². The van der Waals surface area contributed by atoms with Crippen molar-refractivity contribution in [2.75, 3.05) is 7.05 Å².